The lowest BCUT2D eigenvalue weighted by Crippen LogP contribution is -2.45. The fourth-order valence-corrected chi connectivity index (χ4v) is 8.81. The summed E-state index contributed by atoms with van der Waals surface area (Å²) >= 11 is 0. The molecular weight excluding hydrogens is 432 g/mol. The van der Waals surface area contributed by atoms with Gasteiger partial charge in [-0.1, -0.05) is 58.0 Å². The van der Waals surface area contributed by atoms with E-state index in [2.05, 4.69) is 83.3 Å². The first kappa shape index (κ1) is 24.0. The van der Waals surface area contributed by atoms with Crippen LogP contribution in [0.25, 0.3) is 0 Å². The van der Waals surface area contributed by atoms with E-state index in [9.17, 15) is 0 Å². The molecule has 3 aliphatic carbocycles. The minimum atomic E-state index is -0.852. The molecule has 2 aromatic rings. The molecule has 0 unspecified atom stereocenters. The maximum atomic E-state index is 6.59. The number of aryl methyl sites for hydroxylation is 1. The standard InChI is InChI=1S/C31H43O2Si/c1-30(2,3)28-15-14-26-24-13-12-22-18-23(32-20-21-10-8-7-9-11-21)19-27(33-34(5)6)29(22)25(24)16-17-31(26,28)4/h7-11,18-19,24-26,28H,12-17,20H2,1-6H3/t24-,25+,26+,28+,31+/m1/s1. The second kappa shape index (κ2) is 9.04. The molecule has 34 heavy (non-hydrogen) atoms. The van der Waals surface area contributed by atoms with Crippen LogP contribution >= 0.6 is 0 Å². The van der Waals surface area contributed by atoms with Crippen molar-refractivity contribution in [2.24, 2.45) is 28.6 Å². The van der Waals surface area contributed by atoms with Gasteiger partial charge in [-0.3, -0.25) is 0 Å². The third-order valence-electron chi connectivity index (χ3n) is 9.36. The van der Waals surface area contributed by atoms with Crippen LogP contribution in [0.5, 0.6) is 11.5 Å². The third kappa shape index (κ3) is 4.34. The Labute approximate surface area is 209 Å². The molecule has 2 aromatic carbocycles. The van der Waals surface area contributed by atoms with Crippen LogP contribution in [-0.2, 0) is 13.0 Å². The maximum absolute atomic E-state index is 6.59. The summed E-state index contributed by atoms with van der Waals surface area (Å²) in [6.07, 6.45) is 7.99. The van der Waals surface area contributed by atoms with Crippen molar-refractivity contribution in [3.63, 3.8) is 0 Å². The lowest BCUT2D eigenvalue weighted by Gasteiger charge is -2.53. The minimum absolute atomic E-state index is 0.407. The predicted octanol–water partition coefficient (Wildman–Crippen LogP) is 8.41. The van der Waals surface area contributed by atoms with Crippen LogP contribution in [-0.4, -0.2) is 9.04 Å². The van der Waals surface area contributed by atoms with Gasteiger partial charge >= 0.3 is 0 Å². The first-order chi connectivity index (χ1) is 16.2. The quantitative estimate of drug-likeness (QED) is 0.404. The van der Waals surface area contributed by atoms with Crippen molar-refractivity contribution < 1.29 is 9.16 Å². The first-order valence-corrected chi connectivity index (χ1v) is 15.9. The zero-order valence-corrected chi connectivity index (χ0v) is 23.1. The molecule has 0 bridgehead atoms. The van der Waals surface area contributed by atoms with Gasteiger partial charge in [0.05, 0.1) is 0 Å². The number of hydrogen-bond donors (Lipinski definition) is 0. The highest BCUT2D eigenvalue weighted by Crippen LogP contribution is 2.66. The molecule has 1 radical (unpaired) electrons. The van der Waals surface area contributed by atoms with Crippen molar-refractivity contribution >= 4 is 9.04 Å². The van der Waals surface area contributed by atoms with E-state index in [1.165, 1.54) is 48.8 Å². The van der Waals surface area contributed by atoms with Crippen molar-refractivity contribution in [1.29, 1.82) is 0 Å². The molecule has 0 amide bonds. The first-order valence-electron chi connectivity index (χ1n) is 13.5. The molecular formula is C31H43O2Si. The van der Waals surface area contributed by atoms with E-state index in [0.29, 0.717) is 23.4 Å². The summed E-state index contributed by atoms with van der Waals surface area (Å²) in [5, 5.41) is 0. The smallest absolute Gasteiger partial charge is 0.274 e. The molecule has 2 fully saturated rings. The molecule has 2 nitrogen and oxygen atoms in total. The van der Waals surface area contributed by atoms with Gasteiger partial charge < -0.3 is 9.16 Å². The molecule has 5 atom stereocenters. The summed E-state index contributed by atoms with van der Waals surface area (Å²) in [7, 11) is -0.852. The molecule has 0 saturated heterocycles. The monoisotopic (exact) mass is 475 g/mol. The molecule has 0 heterocycles. The number of hydrogen-bond acceptors (Lipinski definition) is 2. The van der Waals surface area contributed by atoms with E-state index in [1.807, 2.05) is 0 Å². The molecule has 183 valence electrons. The van der Waals surface area contributed by atoms with E-state index in [4.69, 9.17) is 9.16 Å². The average molecular weight is 476 g/mol. The van der Waals surface area contributed by atoms with E-state index in [0.717, 1.165) is 35.7 Å². The van der Waals surface area contributed by atoms with E-state index < -0.39 is 9.04 Å². The van der Waals surface area contributed by atoms with Gasteiger partial charge in [0.15, 0.2) is 0 Å². The Bertz CT molecular complexity index is 1010. The summed E-state index contributed by atoms with van der Waals surface area (Å²) in [4.78, 5) is 0. The second-order valence-electron chi connectivity index (χ2n) is 12.7. The summed E-state index contributed by atoms with van der Waals surface area (Å²) in [6, 6.07) is 15.0. The van der Waals surface area contributed by atoms with Crippen molar-refractivity contribution in [2.75, 3.05) is 0 Å². The van der Waals surface area contributed by atoms with Gasteiger partial charge in [0.1, 0.15) is 18.1 Å². The lowest BCUT2D eigenvalue weighted by atomic mass is 9.51. The zero-order valence-electron chi connectivity index (χ0n) is 22.1. The third-order valence-corrected chi connectivity index (χ3v) is 9.99. The molecule has 0 spiro atoms. The maximum Gasteiger partial charge on any atom is 0.274 e. The Morgan fingerprint density at radius 1 is 1.00 bits per heavy atom. The Hall–Kier alpha value is -1.74. The Balaban J connectivity index is 1.44. The number of ether oxygens (including phenoxy) is 1. The van der Waals surface area contributed by atoms with Crippen LogP contribution in [0.4, 0.5) is 0 Å². The van der Waals surface area contributed by atoms with E-state index in [-0.39, 0.29) is 0 Å². The molecule has 0 aliphatic heterocycles. The SMILES string of the molecule is C[Si](C)Oc1cc(OCc2ccccc2)cc2c1[C@H]1CC[C@@]3(C)[C@@H](CC[C@H]3C(C)(C)C)[C@@H]1CC2. The van der Waals surface area contributed by atoms with Crippen molar-refractivity contribution in [3.8, 4) is 11.5 Å². The van der Waals surface area contributed by atoms with Crippen LogP contribution in [0, 0.1) is 28.6 Å². The van der Waals surface area contributed by atoms with Gasteiger partial charge in [-0.2, -0.15) is 0 Å². The summed E-state index contributed by atoms with van der Waals surface area (Å²) in [6.45, 7) is 15.2. The topological polar surface area (TPSA) is 18.5 Å². The predicted molar refractivity (Wildman–Crippen MR) is 143 cm³/mol. The van der Waals surface area contributed by atoms with Crippen LogP contribution < -0.4 is 9.16 Å². The Kier molecular flexibility index (Phi) is 6.38. The minimum Gasteiger partial charge on any atom is -0.542 e. The number of rotatable bonds is 5. The number of benzene rings is 2. The average Bonchev–Trinajstić information content (AvgIpc) is 3.15. The van der Waals surface area contributed by atoms with Gasteiger partial charge in [0, 0.05) is 6.07 Å². The molecule has 5 rings (SSSR count). The second-order valence-corrected chi connectivity index (χ2v) is 14.8. The van der Waals surface area contributed by atoms with Crippen molar-refractivity contribution in [2.45, 2.75) is 91.8 Å². The van der Waals surface area contributed by atoms with Gasteiger partial charge in [0.25, 0.3) is 9.04 Å². The normalized spacial score (nSPS) is 30.4. The van der Waals surface area contributed by atoms with Gasteiger partial charge in [-0.15, -0.1) is 0 Å². The molecule has 0 aromatic heterocycles. The highest BCUT2D eigenvalue weighted by atomic mass is 28.3. The summed E-state index contributed by atoms with van der Waals surface area (Å²) < 4.78 is 12.9. The van der Waals surface area contributed by atoms with Crippen molar-refractivity contribution in [3.05, 3.63) is 59.2 Å². The van der Waals surface area contributed by atoms with Crippen LogP contribution in [0.1, 0.15) is 82.4 Å². The highest BCUT2D eigenvalue weighted by Gasteiger charge is 2.57. The lowest BCUT2D eigenvalue weighted by molar-refractivity contribution is -0.00933. The van der Waals surface area contributed by atoms with Gasteiger partial charge in [-0.25, -0.2) is 0 Å². The Morgan fingerprint density at radius 3 is 2.47 bits per heavy atom. The number of fused-ring (bicyclic) bond motifs is 5. The molecule has 3 aliphatic rings. The molecule has 2 saturated carbocycles. The fourth-order valence-electron chi connectivity index (χ4n) is 8.21. The zero-order chi connectivity index (χ0) is 24.1. The molecule has 0 N–H and O–H groups in total. The van der Waals surface area contributed by atoms with Crippen LogP contribution in [0.15, 0.2) is 42.5 Å². The summed E-state index contributed by atoms with van der Waals surface area (Å²) in [5.74, 6) is 5.26. The summed E-state index contributed by atoms with van der Waals surface area (Å²) in [5.41, 5.74) is 5.14. The van der Waals surface area contributed by atoms with E-state index in [1.54, 1.807) is 0 Å². The Morgan fingerprint density at radius 2 is 1.76 bits per heavy atom. The van der Waals surface area contributed by atoms with Gasteiger partial charge in [-0.05, 0) is 109 Å². The van der Waals surface area contributed by atoms with Crippen LogP contribution in [0.2, 0.25) is 13.1 Å². The van der Waals surface area contributed by atoms with E-state index >= 15 is 0 Å². The molecule has 3 heteroatoms. The van der Waals surface area contributed by atoms with Crippen molar-refractivity contribution in [1.82, 2.24) is 0 Å². The largest absolute Gasteiger partial charge is 0.542 e. The fraction of sp³-hybridized carbons (Fsp3) is 0.613. The van der Waals surface area contributed by atoms with Crippen LogP contribution in [0.3, 0.4) is 0 Å². The van der Waals surface area contributed by atoms with Gasteiger partial charge in [0.2, 0.25) is 0 Å². The highest BCUT2D eigenvalue weighted by molar-refractivity contribution is 6.49.